The summed E-state index contributed by atoms with van der Waals surface area (Å²) in [6, 6.07) is 9.15. The first-order valence-electron chi connectivity index (χ1n) is 5.84. The van der Waals surface area contributed by atoms with E-state index in [9.17, 15) is 0 Å². The fourth-order valence-corrected chi connectivity index (χ4v) is 2.59. The Morgan fingerprint density at radius 1 is 1.31 bits per heavy atom. The summed E-state index contributed by atoms with van der Waals surface area (Å²) in [4.78, 5) is 1.34. The van der Waals surface area contributed by atoms with E-state index in [2.05, 4.69) is 59.4 Å². The molecule has 0 amide bonds. The van der Waals surface area contributed by atoms with Gasteiger partial charge >= 0.3 is 0 Å². The van der Waals surface area contributed by atoms with Gasteiger partial charge in [0.1, 0.15) is 0 Å². The third kappa shape index (κ3) is 5.92. The molecule has 0 aromatic heterocycles. The lowest BCUT2D eigenvalue weighted by atomic mass is 10.2. The summed E-state index contributed by atoms with van der Waals surface area (Å²) in [5.74, 6) is 1.13. The van der Waals surface area contributed by atoms with Crippen LogP contribution in [0.25, 0.3) is 0 Å². The number of benzene rings is 1. The molecule has 0 aliphatic rings. The van der Waals surface area contributed by atoms with E-state index >= 15 is 0 Å². The standard InChI is InChI=1S/C13H20BrNS/c1-3-4-11(2)15-9-10-16-13-7-5-12(14)6-8-13/h5-8,11,15H,3-4,9-10H2,1-2H3. The first kappa shape index (κ1) is 14.1. The summed E-state index contributed by atoms with van der Waals surface area (Å²) in [5, 5.41) is 3.54. The summed E-state index contributed by atoms with van der Waals surface area (Å²) < 4.78 is 1.14. The molecule has 1 aromatic rings. The van der Waals surface area contributed by atoms with Crippen LogP contribution in [-0.4, -0.2) is 18.3 Å². The lowest BCUT2D eigenvalue weighted by Crippen LogP contribution is -2.27. The molecule has 1 N–H and O–H groups in total. The van der Waals surface area contributed by atoms with Crippen LogP contribution >= 0.6 is 27.7 Å². The van der Waals surface area contributed by atoms with Gasteiger partial charge in [0.15, 0.2) is 0 Å². The summed E-state index contributed by atoms with van der Waals surface area (Å²) in [6.45, 7) is 5.57. The number of rotatable bonds is 7. The van der Waals surface area contributed by atoms with Crippen LogP contribution in [0.3, 0.4) is 0 Å². The van der Waals surface area contributed by atoms with Gasteiger partial charge in [-0.05, 0) is 37.6 Å². The van der Waals surface area contributed by atoms with Gasteiger partial charge in [0.2, 0.25) is 0 Å². The van der Waals surface area contributed by atoms with Crippen LogP contribution in [-0.2, 0) is 0 Å². The van der Waals surface area contributed by atoms with Gasteiger partial charge in [0.25, 0.3) is 0 Å². The Hall–Kier alpha value is 0.01000. The molecule has 1 atom stereocenters. The molecule has 0 bridgehead atoms. The average molecular weight is 302 g/mol. The predicted octanol–water partition coefficient (Wildman–Crippen LogP) is 4.32. The van der Waals surface area contributed by atoms with Crippen molar-refractivity contribution in [3.8, 4) is 0 Å². The maximum absolute atomic E-state index is 3.54. The van der Waals surface area contributed by atoms with Gasteiger partial charge in [-0.1, -0.05) is 29.3 Å². The first-order valence-corrected chi connectivity index (χ1v) is 7.62. The molecule has 1 nitrogen and oxygen atoms in total. The maximum atomic E-state index is 3.54. The third-order valence-corrected chi connectivity index (χ3v) is 3.94. The summed E-state index contributed by atoms with van der Waals surface area (Å²) >= 11 is 5.35. The van der Waals surface area contributed by atoms with Crippen molar-refractivity contribution >= 4 is 27.7 Å². The van der Waals surface area contributed by atoms with E-state index in [4.69, 9.17) is 0 Å². The molecule has 0 aliphatic carbocycles. The Morgan fingerprint density at radius 3 is 2.62 bits per heavy atom. The molecular weight excluding hydrogens is 282 g/mol. The largest absolute Gasteiger partial charge is 0.313 e. The molecule has 3 heteroatoms. The highest BCUT2D eigenvalue weighted by Crippen LogP contribution is 2.19. The highest BCUT2D eigenvalue weighted by atomic mass is 79.9. The van der Waals surface area contributed by atoms with Crippen LogP contribution in [0.5, 0.6) is 0 Å². The quantitative estimate of drug-likeness (QED) is 0.594. The van der Waals surface area contributed by atoms with Gasteiger partial charge < -0.3 is 5.32 Å². The molecule has 0 saturated heterocycles. The molecule has 1 unspecified atom stereocenters. The van der Waals surface area contributed by atoms with Crippen molar-refractivity contribution in [2.45, 2.75) is 37.6 Å². The van der Waals surface area contributed by atoms with Crippen molar-refractivity contribution in [2.75, 3.05) is 12.3 Å². The Labute approximate surface area is 112 Å². The van der Waals surface area contributed by atoms with Gasteiger partial charge in [-0.15, -0.1) is 11.8 Å². The summed E-state index contributed by atoms with van der Waals surface area (Å²) in [7, 11) is 0. The van der Waals surface area contributed by atoms with E-state index < -0.39 is 0 Å². The van der Waals surface area contributed by atoms with Crippen LogP contribution in [0.2, 0.25) is 0 Å². The number of halogens is 1. The molecule has 0 saturated carbocycles. The number of hydrogen-bond acceptors (Lipinski definition) is 2. The number of thioether (sulfide) groups is 1. The Kier molecular flexibility index (Phi) is 7.17. The Balaban J connectivity index is 2.13. The molecule has 1 rings (SSSR count). The minimum atomic E-state index is 0.649. The normalized spacial score (nSPS) is 12.7. The second-order valence-corrected chi connectivity index (χ2v) is 6.03. The van der Waals surface area contributed by atoms with E-state index in [-0.39, 0.29) is 0 Å². The van der Waals surface area contributed by atoms with Crippen molar-refractivity contribution in [1.29, 1.82) is 0 Å². The monoisotopic (exact) mass is 301 g/mol. The fraction of sp³-hybridized carbons (Fsp3) is 0.538. The predicted molar refractivity (Wildman–Crippen MR) is 77.2 cm³/mol. The zero-order chi connectivity index (χ0) is 11.8. The highest BCUT2D eigenvalue weighted by Gasteiger charge is 1.99. The fourth-order valence-electron chi connectivity index (χ4n) is 1.54. The van der Waals surface area contributed by atoms with E-state index in [0.29, 0.717) is 6.04 Å². The second kappa shape index (κ2) is 8.15. The number of hydrogen-bond donors (Lipinski definition) is 1. The highest BCUT2D eigenvalue weighted by molar-refractivity contribution is 9.10. The van der Waals surface area contributed by atoms with Gasteiger partial charge in [0.05, 0.1) is 0 Å². The molecule has 1 aromatic carbocycles. The van der Waals surface area contributed by atoms with E-state index in [1.165, 1.54) is 17.7 Å². The average Bonchev–Trinajstić information content (AvgIpc) is 2.27. The van der Waals surface area contributed by atoms with Crippen molar-refractivity contribution in [3.05, 3.63) is 28.7 Å². The zero-order valence-corrected chi connectivity index (χ0v) is 12.4. The van der Waals surface area contributed by atoms with Crippen LogP contribution in [0.15, 0.2) is 33.6 Å². The SMILES string of the molecule is CCCC(C)NCCSc1ccc(Br)cc1. The molecule has 16 heavy (non-hydrogen) atoms. The minimum absolute atomic E-state index is 0.649. The topological polar surface area (TPSA) is 12.0 Å². The molecule has 90 valence electrons. The van der Waals surface area contributed by atoms with Crippen LogP contribution in [0, 0.1) is 0 Å². The van der Waals surface area contributed by atoms with E-state index in [1.54, 1.807) is 0 Å². The molecular formula is C13H20BrNS. The number of nitrogens with one attached hydrogen (secondary N) is 1. The first-order chi connectivity index (χ1) is 7.72. The molecule has 0 spiro atoms. The molecule has 0 heterocycles. The van der Waals surface area contributed by atoms with Crippen molar-refractivity contribution in [1.82, 2.24) is 5.32 Å². The molecule has 0 radical (unpaired) electrons. The minimum Gasteiger partial charge on any atom is -0.313 e. The van der Waals surface area contributed by atoms with Crippen LogP contribution < -0.4 is 5.32 Å². The lowest BCUT2D eigenvalue weighted by Gasteiger charge is -2.12. The maximum Gasteiger partial charge on any atom is 0.0176 e. The van der Waals surface area contributed by atoms with Crippen molar-refractivity contribution in [2.24, 2.45) is 0 Å². The third-order valence-electron chi connectivity index (χ3n) is 2.40. The van der Waals surface area contributed by atoms with Crippen LogP contribution in [0.1, 0.15) is 26.7 Å². The van der Waals surface area contributed by atoms with Crippen LogP contribution in [0.4, 0.5) is 0 Å². The summed E-state index contributed by atoms with van der Waals surface area (Å²) in [5.41, 5.74) is 0. The zero-order valence-electron chi connectivity index (χ0n) is 10.0. The summed E-state index contributed by atoms with van der Waals surface area (Å²) in [6.07, 6.45) is 2.52. The second-order valence-electron chi connectivity index (χ2n) is 3.95. The Morgan fingerprint density at radius 2 is 2.00 bits per heavy atom. The van der Waals surface area contributed by atoms with Crippen molar-refractivity contribution in [3.63, 3.8) is 0 Å². The van der Waals surface area contributed by atoms with E-state index in [0.717, 1.165) is 16.8 Å². The van der Waals surface area contributed by atoms with Gasteiger partial charge in [-0.25, -0.2) is 0 Å². The van der Waals surface area contributed by atoms with Gasteiger partial charge in [-0.2, -0.15) is 0 Å². The lowest BCUT2D eigenvalue weighted by molar-refractivity contribution is 0.526. The molecule has 0 fully saturated rings. The van der Waals surface area contributed by atoms with Crippen molar-refractivity contribution < 1.29 is 0 Å². The smallest absolute Gasteiger partial charge is 0.0176 e. The van der Waals surface area contributed by atoms with E-state index in [1.807, 2.05) is 11.8 Å². The Bertz CT molecular complexity index is 286. The van der Waals surface area contributed by atoms with Gasteiger partial charge in [-0.3, -0.25) is 0 Å². The molecule has 0 aliphatic heterocycles. The van der Waals surface area contributed by atoms with Gasteiger partial charge in [0, 0.05) is 27.7 Å².